The summed E-state index contributed by atoms with van der Waals surface area (Å²) in [7, 11) is 0. The number of hydrogen-bond acceptors (Lipinski definition) is 4. The summed E-state index contributed by atoms with van der Waals surface area (Å²) in [5.74, 6) is 3.56. The summed E-state index contributed by atoms with van der Waals surface area (Å²) in [6, 6.07) is 0. The lowest BCUT2D eigenvalue weighted by atomic mass is 9.41. The zero-order valence-corrected chi connectivity index (χ0v) is 21.0. The van der Waals surface area contributed by atoms with Crippen molar-refractivity contribution < 1.29 is 19.7 Å². The number of aliphatic hydroxyl groups is 2. The second-order valence-electron chi connectivity index (χ2n) is 13.8. The van der Waals surface area contributed by atoms with Gasteiger partial charge in [0.2, 0.25) is 0 Å². The van der Waals surface area contributed by atoms with E-state index in [9.17, 15) is 10.2 Å². The number of fused-ring (bicyclic) bond motifs is 7. The molecule has 32 heavy (non-hydrogen) atoms. The average molecular weight is 447 g/mol. The molecule has 6 rings (SSSR count). The summed E-state index contributed by atoms with van der Waals surface area (Å²) >= 11 is 0. The Kier molecular flexibility index (Phi) is 4.85. The van der Waals surface area contributed by atoms with Gasteiger partial charge in [0.05, 0.1) is 24.4 Å². The first-order chi connectivity index (χ1) is 15.0. The lowest BCUT2D eigenvalue weighted by Crippen LogP contribution is -2.66. The van der Waals surface area contributed by atoms with Crippen molar-refractivity contribution in [1.82, 2.24) is 0 Å². The highest BCUT2D eigenvalue weighted by Crippen LogP contribution is 2.72. The van der Waals surface area contributed by atoms with Gasteiger partial charge >= 0.3 is 0 Å². The van der Waals surface area contributed by atoms with Gasteiger partial charge in [-0.05, 0) is 91.3 Å². The van der Waals surface area contributed by atoms with Crippen LogP contribution in [0.3, 0.4) is 0 Å². The molecular formula is C28H46O4. The fourth-order valence-corrected chi connectivity index (χ4v) is 10.7. The highest BCUT2D eigenvalue weighted by Gasteiger charge is 2.71. The molecule has 2 aliphatic heterocycles. The number of ether oxygens (including phenoxy) is 2. The van der Waals surface area contributed by atoms with Gasteiger partial charge in [0.1, 0.15) is 0 Å². The minimum absolute atomic E-state index is 0.0656. The minimum Gasteiger partial charge on any atom is -0.393 e. The van der Waals surface area contributed by atoms with Crippen molar-refractivity contribution in [2.45, 2.75) is 116 Å². The molecule has 6 fully saturated rings. The predicted octanol–water partition coefficient (Wildman–Crippen LogP) is 5.15. The third-order valence-electron chi connectivity index (χ3n) is 12.5. The van der Waals surface area contributed by atoms with Crippen LogP contribution in [0.15, 0.2) is 0 Å². The Morgan fingerprint density at radius 1 is 0.906 bits per heavy atom. The van der Waals surface area contributed by atoms with Crippen molar-refractivity contribution >= 4 is 0 Å². The van der Waals surface area contributed by atoms with E-state index in [0.717, 1.165) is 32.3 Å². The molecule has 0 radical (unpaired) electrons. The molecule has 0 aromatic heterocycles. The summed E-state index contributed by atoms with van der Waals surface area (Å²) in [5.41, 5.74) is -0.459. The first-order valence-corrected chi connectivity index (χ1v) is 13.8. The van der Waals surface area contributed by atoms with Crippen LogP contribution >= 0.6 is 0 Å². The van der Waals surface area contributed by atoms with Gasteiger partial charge in [-0.1, -0.05) is 34.6 Å². The van der Waals surface area contributed by atoms with E-state index in [0.29, 0.717) is 53.4 Å². The van der Waals surface area contributed by atoms with Crippen LogP contribution in [0.25, 0.3) is 0 Å². The zero-order chi connectivity index (χ0) is 22.7. The van der Waals surface area contributed by atoms with Crippen LogP contribution in [0.1, 0.15) is 92.4 Å². The van der Waals surface area contributed by atoms with Crippen molar-refractivity contribution in [3.63, 3.8) is 0 Å². The van der Waals surface area contributed by atoms with E-state index in [-0.39, 0.29) is 23.2 Å². The average Bonchev–Trinajstić information content (AvgIpc) is 3.18. The van der Waals surface area contributed by atoms with Crippen LogP contribution < -0.4 is 0 Å². The summed E-state index contributed by atoms with van der Waals surface area (Å²) in [6.07, 6.45) is 9.42. The van der Waals surface area contributed by atoms with Gasteiger partial charge in [-0.2, -0.15) is 0 Å². The Morgan fingerprint density at radius 2 is 1.69 bits per heavy atom. The maximum absolute atomic E-state index is 11.9. The van der Waals surface area contributed by atoms with E-state index in [1.165, 1.54) is 25.7 Å². The largest absolute Gasteiger partial charge is 0.393 e. The Labute approximate surface area is 194 Å². The van der Waals surface area contributed by atoms with E-state index in [1.807, 2.05) is 0 Å². The molecule has 4 aliphatic carbocycles. The molecule has 182 valence electrons. The first-order valence-electron chi connectivity index (χ1n) is 13.8. The van der Waals surface area contributed by atoms with Gasteiger partial charge in [0.25, 0.3) is 0 Å². The summed E-state index contributed by atoms with van der Waals surface area (Å²) in [4.78, 5) is 0. The predicted molar refractivity (Wildman–Crippen MR) is 124 cm³/mol. The molecule has 6 aliphatic rings. The molecule has 4 saturated carbocycles. The molecule has 1 spiro atoms. The molecule has 9 unspecified atom stereocenters. The quantitative estimate of drug-likeness (QED) is 0.540. The molecule has 4 nitrogen and oxygen atoms in total. The second-order valence-corrected chi connectivity index (χ2v) is 13.8. The van der Waals surface area contributed by atoms with E-state index >= 15 is 0 Å². The van der Waals surface area contributed by atoms with Crippen LogP contribution in [0.2, 0.25) is 0 Å². The number of hydrogen-bond donors (Lipinski definition) is 2. The van der Waals surface area contributed by atoms with Crippen molar-refractivity contribution in [2.24, 2.45) is 52.3 Å². The van der Waals surface area contributed by atoms with Crippen LogP contribution in [-0.2, 0) is 9.47 Å². The standard InChI is InChI=1S/C28H46O4/c1-16-6-11-28(31-15-16)18(3)24-23(32-28)13-22-20-12-17(2)27(30)14-19(29)7-10-26(27,5)21(20)8-9-25(22,24)4/h16-24,29-30H,6-15H2,1-5H3/t16-,17?,18+,19?,20?,21?,22?,23?,24?,25?,26?,27+,28-/m1/s1. The van der Waals surface area contributed by atoms with Gasteiger partial charge in [0.15, 0.2) is 5.79 Å². The van der Waals surface area contributed by atoms with E-state index in [1.54, 1.807) is 0 Å². The van der Waals surface area contributed by atoms with Crippen molar-refractivity contribution in [1.29, 1.82) is 0 Å². The van der Waals surface area contributed by atoms with Crippen LogP contribution in [0.4, 0.5) is 0 Å². The third kappa shape index (κ3) is 2.65. The molecule has 2 saturated heterocycles. The second kappa shape index (κ2) is 6.95. The van der Waals surface area contributed by atoms with Gasteiger partial charge in [-0.15, -0.1) is 0 Å². The van der Waals surface area contributed by atoms with E-state index in [2.05, 4.69) is 34.6 Å². The lowest BCUT2D eigenvalue weighted by Gasteiger charge is -2.66. The fraction of sp³-hybridized carbons (Fsp3) is 1.00. The van der Waals surface area contributed by atoms with Gasteiger partial charge < -0.3 is 19.7 Å². The van der Waals surface area contributed by atoms with E-state index < -0.39 is 5.60 Å². The molecular weight excluding hydrogens is 400 g/mol. The van der Waals surface area contributed by atoms with Gasteiger partial charge in [-0.25, -0.2) is 0 Å². The highest BCUT2D eigenvalue weighted by atomic mass is 16.7. The Morgan fingerprint density at radius 3 is 2.41 bits per heavy atom. The topological polar surface area (TPSA) is 58.9 Å². The zero-order valence-electron chi connectivity index (χ0n) is 21.0. The normalized spacial score (nSPS) is 64.0. The summed E-state index contributed by atoms with van der Waals surface area (Å²) in [5, 5.41) is 22.3. The van der Waals surface area contributed by atoms with Crippen molar-refractivity contribution in [3.05, 3.63) is 0 Å². The maximum Gasteiger partial charge on any atom is 0.171 e. The molecule has 13 atom stereocenters. The molecule has 2 heterocycles. The molecule has 0 bridgehead atoms. The van der Waals surface area contributed by atoms with Crippen molar-refractivity contribution in [3.8, 4) is 0 Å². The third-order valence-corrected chi connectivity index (χ3v) is 12.5. The molecule has 2 N–H and O–H groups in total. The Balaban J connectivity index is 1.30. The molecule has 0 aromatic rings. The summed E-state index contributed by atoms with van der Waals surface area (Å²) < 4.78 is 13.4. The Hall–Kier alpha value is -0.160. The molecule has 0 amide bonds. The number of rotatable bonds is 0. The summed E-state index contributed by atoms with van der Waals surface area (Å²) in [6.45, 7) is 12.8. The van der Waals surface area contributed by atoms with Crippen LogP contribution in [-0.4, -0.2) is 40.4 Å². The van der Waals surface area contributed by atoms with E-state index in [4.69, 9.17) is 9.47 Å². The van der Waals surface area contributed by atoms with Gasteiger partial charge in [-0.3, -0.25) is 0 Å². The Bertz CT molecular complexity index is 761. The van der Waals surface area contributed by atoms with Crippen molar-refractivity contribution in [2.75, 3.05) is 6.61 Å². The number of aliphatic hydroxyl groups excluding tert-OH is 1. The minimum atomic E-state index is -0.714. The first kappa shape index (κ1) is 22.3. The van der Waals surface area contributed by atoms with Crippen LogP contribution in [0, 0.1) is 52.3 Å². The van der Waals surface area contributed by atoms with Crippen LogP contribution in [0.5, 0.6) is 0 Å². The smallest absolute Gasteiger partial charge is 0.171 e. The van der Waals surface area contributed by atoms with Gasteiger partial charge in [0, 0.05) is 18.8 Å². The molecule has 4 heteroatoms. The SMILES string of the molecule is CC1CC2C3CC4O[C@]5(CC[C@@H](C)CO5)[C@@H](C)C4C3(C)CCC2C2(C)CCC(O)C[C@]12O. The maximum atomic E-state index is 11.9. The highest BCUT2D eigenvalue weighted by molar-refractivity contribution is 5.19. The fourth-order valence-electron chi connectivity index (χ4n) is 10.7. The molecule has 0 aromatic carbocycles. The lowest BCUT2D eigenvalue weighted by molar-refractivity contribution is -0.276. The monoisotopic (exact) mass is 446 g/mol.